The van der Waals surface area contributed by atoms with Crippen molar-refractivity contribution in [2.75, 3.05) is 5.75 Å². The maximum Gasteiger partial charge on any atom is 0.233 e. The summed E-state index contributed by atoms with van der Waals surface area (Å²) in [4.78, 5) is 25.5. The normalized spacial score (nSPS) is 28.3. The summed E-state index contributed by atoms with van der Waals surface area (Å²) in [6.07, 6.45) is 2.75. The topological polar surface area (TPSA) is 58.2 Å². The number of fused-ring (bicyclic) bond motifs is 1. The van der Waals surface area contributed by atoms with Crippen molar-refractivity contribution < 1.29 is 9.59 Å². The summed E-state index contributed by atoms with van der Waals surface area (Å²) in [5.74, 6) is 0.615. The molecule has 4 nitrogen and oxygen atoms in total. The van der Waals surface area contributed by atoms with Crippen LogP contribution in [0, 0.1) is 5.92 Å². The van der Waals surface area contributed by atoms with Crippen LogP contribution in [0.2, 0.25) is 0 Å². The highest BCUT2D eigenvalue weighted by Crippen LogP contribution is 2.46. The van der Waals surface area contributed by atoms with Gasteiger partial charge in [-0.1, -0.05) is 60.7 Å². The molecule has 5 atom stereocenters. The number of nitrogens with one attached hydrogen (secondary N) is 2. The Morgan fingerprint density at radius 2 is 1.77 bits per heavy atom. The lowest BCUT2D eigenvalue weighted by Gasteiger charge is -2.46. The van der Waals surface area contributed by atoms with Gasteiger partial charge in [-0.05, 0) is 36.3 Å². The number of carbonyl (C=O) groups is 2. The SMILES string of the molecule is O=C(CSC1C(=O)NC2CCC(Cl)CC2C1c1ccccc1)NCc1ccccc1. The van der Waals surface area contributed by atoms with E-state index < -0.39 is 0 Å². The van der Waals surface area contributed by atoms with Crippen LogP contribution in [-0.4, -0.2) is 34.2 Å². The predicted molar refractivity (Wildman–Crippen MR) is 123 cm³/mol. The fourth-order valence-corrected chi connectivity index (χ4v) is 6.22. The van der Waals surface area contributed by atoms with Gasteiger partial charge in [0, 0.05) is 23.9 Å². The second-order valence-corrected chi connectivity index (χ2v) is 9.87. The number of carbonyl (C=O) groups excluding carboxylic acids is 2. The molecule has 2 N–H and O–H groups in total. The number of thioether (sulfide) groups is 1. The van der Waals surface area contributed by atoms with Crippen LogP contribution in [0.3, 0.4) is 0 Å². The minimum atomic E-state index is -0.293. The molecule has 0 spiro atoms. The number of halogens is 1. The molecule has 4 rings (SSSR count). The molecule has 2 aromatic carbocycles. The molecule has 0 radical (unpaired) electrons. The van der Waals surface area contributed by atoms with Crippen molar-refractivity contribution in [1.82, 2.24) is 10.6 Å². The molecule has 1 saturated carbocycles. The summed E-state index contributed by atoms with van der Waals surface area (Å²) >= 11 is 7.96. The molecule has 2 aromatic rings. The molecule has 1 heterocycles. The van der Waals surface area contributed by atoms with Crippen molar-refractivity contribution >= 4 is 35.2 Å². The largest absolute Gasteiger partial charge is 0.352 e. The Morgan fingerprint density at radius 3 is 2.50 bits per heavy atom. The zero-order chi connectivity index (χ0) is 20.9. The highest BCUT2D eigenvalue weighted by atomic mass is 35.5. The first-order valence-corrected chi connectivity index (χ1v) is 12.0. The Bertz CT molecular complexity index is 864. The number of hydrogen-bond donors (Lipinski definition) is 2. The van der Waals surface area contributed by atoms with Crippen molar-refractivity contribution in [3.63, 3.8) is 0 Å². The van der Waals surface area contributed by atoms with Crippen LogP contribution < -0.4 is 10.6 Å². The molecule has 6 heteroatoms. The smallest absolute Gasteiger partial charge is 0.233 e. The average Bonchev–Trinajstić information content (AvgIpc) is 2.77. The Labute approximate surface area is 187 Å². The summed E-state index contributed by atoms with van der Waals surface area (Å²) in [7, 11) is 0. The summed E-state index contributed by atoms with van der Waals surface area (Å²) < 4.78 is 0. The fourth-order valence-electron chi connectivity index (χ4n) is 4.67. The van der Waals surface area contributed by atoms with Crippen LogP contribution in [0.1, 0.15) is 36.3 Å². The Kier molecular flexibility index (Phi) is 7.00. The van der Waals surface area contributed by atoms with Gasteiger partial charge in [-0.3, -0.25) is 9.59 Å². The lowest BCUT2D eigenvalue weighted by Crippen LogP contribution is -2.57. The monoisotopic (exact) mass is 442 g/mol. The highest BCUT2D eigenvalue weighted by molar-refractivity contribution is 8.01. The van der Waals surface area contributed by atoms with Gasteiger partial charge < -0.3 is 10.6 Å². The first-order chi connectivity index (χ1) is 14.6. The summed E-state index contributed by atoms with van der Waals surface area (Å²) in [5.41, 5.74) is 2.22. The fraction of sp³-hybridized carbons (Fsp3) is 0.417. The van der Waals surface area contributed by atoms with Crippen molar-refractivity contribution in [1.29, 1.82) is 0 Å². The summed E-state index contributed by atoms with van der Waals surface area (Å²) in [6.45, 7) is 0.498. The van der Waals surface area contributed by atoms with Crippen LogP contribution in [0.15, 0.2) is 60.7 Å². The van der Waals surface area contributed by atoms with E-state index in [0.717, 1.165) is 30.4 Å². The number of hydrogen-bond acceptors (Lipinski definition) is 3. The zero-order valence-corrected chi connectivity index (χ0v) is 18.4. The molecule has 2 aliphatic rings. The first kappa shape index (κ1) is 21.3. The van der Waals surface area contributed by atoms with Crippen molar-refractivity contribution in [3.05, 3.63) is 71.8 Å². The zero-order valence-electron chi connectivity index (χ0n) is 16.8. The molecule has 0 aromatic heterocycles. The van der Waals surface area contributed by atoms with E-state index in [1.807, 2.05) is 48.5 Å². The minimum Gasteiger partial charge on any atom is -0.352 e. The maximum absolute atomic E-state index is 13.0. The Balaban J connectivity index is 1.45. The van der Waals surface area contributed by atoms with E-state index in [1.165, 1.54) is 11.8 Å². The summed E-state index contributed by atoms with van der Waals surface area (Å²) in [5, 5.41) is 6.03. The predicted octanol–water partition coefficient (Wildman–Crippen LogP) is 4.09. The van der Waals surface area contributed by atoms with E-state index in [2.05, 4.69) is 22.8 Å². The lowest BCUT2D eigenvalue weighted by atomic mass is 9.69. The van der Waals surface area contributed by atoms with Crippen molar-refractivity contribution in [3.8, 4) is 0 Å². The molecule has 0 bridgehead atoms. The molecule has 30 heavy (non-hydrogen) atoms. The van der Waals surface area contributed by atoms with Gasteiger partial charge in [0.2, 0.25) is 11.8 Å². The molecule has 1 saturated heterocycles. The van der Waals surface area contributed by atoms with Gasteiger partial charge in [0.25, 0.3) is 0 Å². The van der Waals surface area contributed by atoms with Gasteiger partial charge in [0.05, 0.1) is 11.0 Å². The van der Waals surface area contributed by atoms with Gasteiger partial charge in [-0.15, -0.1) is 23.4 Å². The summed E-state index contributed by atoms with van der Waals surface area (Å²) in [6, 6.07) is 20.2. The van der Waals surface area contributed by atoms with E-state index in [9.17, 15) is 9.59 Å². The molecule has 158 valence electrons. The van der Waals surface area contributed by atoms with Crippen molar-refractivity contribution in [2.45, 2.75) is 48.4 Å². The number of alkyl halides is 1. The quantitative estimate of drug-likeness (QED) is 0.662. The van der Waals surface area contributed by atoms with Gasteiger partial charge >= 0.3 is 0 Å². The van der Waals surface area contributed by atoms with Crippen LogP contribution in [0.5, 0.6) is 0 Å². The van der Waals surface area contributed by atoms with Crippen LogP contribution in [-0.2, 0) is 16.1 Å². The molecule has 1 aliphatic heterocycles. The maximum atomic E-state index is 13.0. The molecule has 1 aliphatic carbocycles. The van der Waals surface area contributed by atoms with E-state index in [0.29, 0.717) is 12.5 Å². The van der Waals surface area contributed by atoms with Crippen molar-refractivity contribution in [2.24, 2.45) is 5.92 Å². The van der Waals surface area contributed by atoms with Gasteiger partial charge in [-0.25, -0.2) is 0 Å². The molecule has 5 unspecified atom stereocenters. The molecular formula is C24H27ClN2O2S. The van der Waals surface area contributed by atoms with Gasteiger partial charge in [-0.2, -0.15) is 0 Å². The highest BCUT2D eigenvalue weighted by Gasteiger charge is 2.47. The van der Waals surface area contributed by atoms with Crippen LogP contribution in [0.25, 0.3) is 0 Å². The number of amides is 2. The lowest BCUT2D eigenvalue weighted by molar-refractivity contribution is -0.125. The third-order valence-electron chi connectivity index (χ3n) is 6.12. The van der Waals surface area contributed by atoms with Gasteiger partial charge in [0.1, 0.15) is 0 Å². The number of piperidine rings is 1. The molecule has 2 fully saturated rings. The second-order valence-electron chi connectivity index (χ2n) is 8.12. The third-order valence-corrected chi connectivity index (χ3v) is 7.81. The van der Waals surface area contributed by atoms with E-state index in [4.69, 9.17) is 11.6 Å². The van der Waals surface area contributed by atoms with E-state index >= 15 is 0 Å². The molecule has 2 amide bonds. The Morgan fingerprint density at radius 1 is 1.07 bits per heavy atom. The van der Waals surface area contributed by atoms with Crippen LogP contribution in [0.4, 0.5) is 0 Å². The standard InChI is InChI=1S/C24H27ClN2O2S/c25-18-11-12-20-19(13-18)22(17-9-5-2-6-10-17)23(24(29)27-20)30-15-21(28)26-14-16-7-3-1-4-8-16/h1-10,18-20,22-23H,11-15H2,(H,26,28)(H,27,29). The average molecular weight is 443 g/mol. The van der Waals surface area contributed by atoms with Crippen LogP contribution >= 0.6 is 23.4 Å². The van der Waals surface area contributed by atoms with E-state index in [-0.39, 0.29) is 40.2 Å². The second kappa shape index (κ2) is 9.88. The number of benzene rings is 2. The Hall–Kier alpha value is -1.98. The van der Waals surface area contributed by atoms with Gasteiger partial charge in [0.15, 0.2) is 0 Å². The molecular weight excluding hydrogens is 416 g/mol. The van der Waals surface area contributed by atoms with E-state index in [1.54, 1.807) is 0 Å². The minimum absolute atomic E-state index is 0.0407. The number of rotatable bonds is 6. The third kappa shape index (κ3) is 5.01. The first-order valence-electron chi connectivity index (χ1n) is 10.5.